The first-order chi connectivity index (χ1) is 15.4. The maximum atomic E-state index is 13.3. The zero-order valence-corrected chi connectivity index (χ0v) is 18.6. The first-order valence-corrected chi connectivity index (χ1v) is 10.6. The number of hydrogen-bond acceptors (Lipinski definition) is 3. The SMILES string of the molecule is Cc1ccc(Cn2c(C)cc(=O)c(C(=O)Nc3ccccc3Cl)c2-c2ccncc2)cc1. The number of aromatic nitrogens is 2. The van der Waals surface area contributed by atoms with E-state index < -0.39 is 5.91 Å². The second-order valence-electron chi connectivity index (χ2n) is 7.62. The molecule has 1 amide bonds. The van der Waals surface area contributed by atoms with E-state index in [0.717, 1.165) is 16.8 Å². The lowest BCUT2D eigenvalue weighted by Crippen LogP contribution is -2.27. The van der Waals surface area contributed by atoms with Crippen molar-refractivity contribution in [3.63, 3.8) is 0 Å². The Balaban J connectivity index is 1.89. The van der Waals surface area contributed by atoms with Gasteiger partial charge >= 0.3 is 0 Å². The van der Waals surface area contributed by atoms with Crippen LogP contribution in [0.15, 0.2) is 83.9 Å². The summed E-state index contributed by atoms with van der Waals surface area (Å²) in [5, 5.41) is 3.20. The number of carbonyl (C=O) groups excluding carboxylic acids is 1. The Morgan fingerprint density at radius 1 is 1.00 bits per heavy atom. The Morgan fingerprint density at radius 3 is 2.38 bits per heavy atom. The zero-order chi connectivity index (χ0) is 22.7. The van der Waals surface area contributed by atoms with Crippen molar-refractivity contribution in [2.45, 2.75) is 20.4 Å². The maximum Gasteiger partial charge on any atom is 0.261 e. The van der Waals surface area contributed by atoms with Crippen LogP contribution in [0.1, 0.15) is 27.2 Å². The molecule has 0 unspecified atom stereocenters. The second-order valence-corrected chi connectivity index (χ2v) is 8.02. The Morgan fingerprint density at radius 2 is 1.69 bits per heavy atom. The van der Waals surface area contributed by atoms with Crippen molar-refractivity contribution in [3.05, 3.63) is 117 Å². The largest absolute Gasteiger partial charge is 0.340 e. The van der Waals surface area contributed by atoms with Crippen LogP contribution in [0.3, 0.4) is 0 Å². The van der Waals surface area contributed by atoms with Gasteiger partial charge in [0.15, 0.2) is 5.43 Å². The van der Waals surface area contributed by atoms with Crippen LogP contribution in [0.25, 0.3) is 11.3 Å². The molecule has 5 nitrogen and oxygen atoms in total. The van der Waals surface area contributed by atoms with Gasteiger partial charge in [0.05, 0.1) is 16.4 Å². The van der Waals surface area contributed by atoms with E-state index in [1.54, 1.807) is 48.8 Å². The molecule has 0 aliphatic heterocycles. The molecule has 32 heavy (non-hydrogen) atoms. The summed E-state index contributed by atoms with van der Waals surface area (Å²) < 4.78 is 1.99. The van der Waals surface area contributed by atoms with Crippen LogP contribution in [0.5, 0.6) is 0 Å². The second kappa shape index (κ2) is 9.20. The number of para-hydroxylation sites is 1. The van der Waals surface area contributed by atoms with Gasteiger partial charge in [-0.1, -0.05) is 53.6 Å². The molecule has 2 aromatic heterocycles. The lowest BCUT2D eigenvalue weighted by molar-refractivity contribution is 0.102. The number of pyridine rings is 2. The predicted octanol–water partition coefficient (Wildman–Crippen LogP) is 5.48. The van der Waals surface area contributed by atoms with Gasteiger partial charge in [-0.25, -0.2) is 0 Å². The Hall–Kier alpha value is -3.70. The number of nitrogens with zero attached hydrogens (tertiary/aromatic N) is 2. The summed E-state index contributed by atoms with van der Waals surface area (Å²) in [6.45, 7) is 4.42. The number of anilines is 1. The van der Waals surface area contributed by atoms with Crippen molar-refractivity contribution in [3.8, 4) is 11.3 Å². The van der Waals surface area contributed by atoms with Gasteiger partial charge in [0.1, 0.15) is 5.56 Å². The zero-order valence-electron chi connectivity index (χ0n) is 17.8. The molecule has 0 bridgehead atoms. The molecule has 0 radical (unpaired) electrons. The van der Waals surface area contributed by atoms with E-state index in [1.165, 1.54) is 11.6 Å². The topological polar surface area (TPSA) is 64.0 Å². The number of hydrogen-bond donors (Lipinski definition) is 1. The van der Waals surface area contributed by atoms with Crippen LogP contribution in [0.2, 0.25) is 5.02 Å². The van der Waals surface area contributed by atoms with E-state index >= 15 is 0 Å². The Bertz CT molecular complexity index is 1330. The summed E-state index contributed by atoms with van der Waals surface area (Å²) in [7, 11) is 0. The summed E-state index contributed by atoms with van der Waals surface area (Å²) in [5.74, 6) is -0.507. The summed E-state index contributed by atoms with van der Waals surface area (Å²) in [6, 6.07) is 20.2. The average Bonchev–Trinajstić information content (AvgIpc) is 2.78. The van der Waals surface area contributed by atoms with Crippen LogP contribution in [-0.4, -0.2) is 15.5 Å². The first-order valence-electron chi connectivity index (χ1n) is 10.2. The molecule has 160 valence electrons. The third-order valence-electron chi connectivity index (χ3n) is 5.28. The number of carbonyl (C=O) groups is 1. The van der Waals surface area contributed by atoms with E-state index in [4.69, 9.17) is 11.6 Å². The minimum atomic E-state index is -0.507. The van der Waals surface area contributed by atoms with E-state index in [9.17, 15) is 9.59 Å². The fourth-order valence-electron chi connectivity index (χ4n) is 3.62. The Labute approximate surface area is 191 Å². The third-order valence-corrected chi connectivity index (χ3v) is 5.61. The first kappa shape index (κ1) is 21.5. The molecule has 2 heterocycles. The van der Waals surface area contributed by atoms with Gasteiger partial charge in [-0.2, -0.15) is 0 Å². The molecule has 0 aliphatic carbocycles. The number of rotatable bonds is 5. The normalized spacial score (nSPS) is 10.7. The number of benzene rings is 2. The van der Waals surface area contributed by atoms with Crippen molar-refractivity contribution in [2.24, 2.45) is 0 Å². The van der Waals surface area contributed by atoms with E-state index in [1.807, 2.05) is 42.7 Å². The summed E-state index contributed by atoms with van der Waals surface area (Å²) >= 11 is 6.22. The predicted molar refractivity (Wildman–Crippen MR) is 128 cm³/mol. The minimum Gasteiger partial charge on any atom is -0.340 e. The van der Waals surface area contributed by atoms with Gasteiger partial charge in [0.25, 0.3) is 5.91 Å². The molecule has 2 aromatic carbocycles. The summed E-state index contributed by atoms with van der Waals surface area (Å²) in [6.07, 6.45) is 3.29. The van der Waals surface area contributed by atoms with E-state index in [2.05, 4.69) is 10.3 Å². The molecular weight excluding hydrogens is 422 g/mol. The van der Waals surface area contributed by atoms with Crippen LogP contribution in [0, 0.1) is 13.8 Å². The van der Waals surface area contributed by atoms with Crippen molar-refractivity contribution >= 4 is 23.2 Å². The minimum absolute atomic E-state index is 0.0637. The quantitative estimate of drug-likeness (QED) is 0.444. The van der Waals surface area contributed by atoms with Crippen LogP contribution >= 0.6 is 11.6 Å². The van der Waals surface area contributed by atoms with Gasteiger partial charge in [0.2, 0.25) is 0 Å². The molecule has 6 heteroatoms. The number of aryl methyl sites for hydroxylation is 2. The Kier molecular flexibility index (Phi) is 6.19. The van der Waals surface area contributed by atoms with Crippen molar-refractivity contribution < 1.29 is 4.79 Å². The third kappa shape index (κ3) is 4.48. The number of nitrogens with one attached hydrogen (secondary N) is 1. The fourth-order valence-corrected chi connectivity index (χ4v) is 3.81. The molecule has 4 aromatic rings. The average molecular weight is 444 g/mol. The van der Waals surface area contributed by atoms with Crippen LogP contribution in [0.4, 0.5) is 5.69 Å². The standard InChI is InChI=1S/C26H22ClN3O2/c1-17-7-9-19(10-8-17)16-30-18(2)15-23(31)24(25(30)20-11-13-28-14-12-20)26(32)29-22-6-4-3-5-21(22)27/h3-15H,16H2,1-2H3,(H,29,32). The molecule has 0 saturated carbocycles. The van der Waals surface area contributed by atoms with Gasteiger partial charge in [-0.3, -0.25) is 14.6 Å². The van der Waals surface area contributed by atoms with Gasteiger partial charge in [-0.15, -0.1) is 0 Å². The highest BCUT2D eigenvalue weighted by Crippen LogP contribution is 2.26. The molecule has 4 rings (SSSR count). The molecule has 0 saturated heterocycles. The highest BCUT2D eigenvalue weighted by atomic mass is 35.5. The smallest absolute Gasteiger partial charge is 0.261 e. The number of amides is 1. The lowest BCUT2D eigenvalue weighted by atomic mass is 10.0. The lowest BCUT2D eigenvalue weighted by Gasteiger charge is -2.20. The maximum absolute atomic E-state index is 13.3. The van der Waals surface area contributed by atoms with Crippen LogP contribution < -0.4 is 10.7 Å². The van der Waals surface area contributed by atoms with Crippen molar-refractivity contribution in [1.29, 1.82) is 0 Å². The number of halogens is 1. The highest BCUT2D eigenvalue weighted by molar-refractivity contribution is 6.34. The van der Waals surface area contributed by atoms with Gasteiger partial charge < -0.3 is 9.88 Å². The van der Waals surface area contributed by atoms with E-state index in [0.29, 0.717) is 22.9 Å². The fraction of sp³-hybridized carbons (Fsp3) is 0.115. The molecule has 1 N–H and O–H groups in total. The molecule has 0 spiro atoms. The molecule has 0 atom stereocenters. The molecule has 0 aliphatic rings. The van der Waals surface area contributed by atoms with Crippen molar-refractivity contribution in [2.75, 3.05) is 5.32 Å². The van der Waals surface area contributed by atoms with E-state index in [-0.39, 0.29) is 11.0 Å². The molecule has 0 fully saturated rings. The van der Waals surface area contributed by atoms with Gasteiger partial charge in [0, 0.05) is 36.3 Å². The summed E-state index contributed by atoms with van der Waals surface area (Å²) in [5.41, 5.74) is 4.43. The van der Waals surface area contributed by atoms with Gasteiger partial charge in [-0.05, 0) is 43.7 Å². The van der Waals surface area contributed by atoms with Crippen molar-refractivity contribution in [1.82, 2.24) is 9.55 Å². The molecular formula is C26H22ClN3O2. The van der Waals surface area contributed by atoms with Crippen LogP contribution in [-0.2, 0) is 6.54 Å². The highest BCUT2D eigenvalue weighted by Gasteiger charge is 2.22. The monoisotopic (exact) mass is 443 g/mol. The summed E-state index contributed by atoms with van der Waals surface area (Å²) in [4.78, 5) is 30.5.